The van der Waals surface area contributed by atoms with Gasteiger partial charge in [-0.05, 0) is 44.1 Å². The zero-order chi connectivity index (χ0) is 12.1. The van der Waals surface area contributed by atoms with Crippen LogP contribution in [0, 0.1) is 26.7 Å². The lowest BCUT2D eigenvalue weighted by Gasteiger charge is -2.17. The van der Waals surface area contributed by atoms with Gasteiger partial charge in [-0.15, -0.1) is 0 Å². The van der Waals surface area contributed by atoms with Crippen LogP contribution in [0.15, 0.2) is 12.1 Å². The summed E-state index contributed by atoms with van der Waals surface area (Å²) in [5.74, 6) is 2.48. The van der Waals surface area contributed by atoms with Crippen molar-refractivity contribution in [3.63, 3.8) is 0 Å². The number of hydrogen-bond donors (Lipinski definition) is 1. The van der Waals surface area contributed by atoms with E-state index in [4.69, 9.17) is 4.74 Å². The van der Waals surface area contributed by atoms with Crippen LogP contribution < -0.4 is 4.74 Å². The monoisotopic (exact) mass is 238 g/mol. The van der Waals surface area contributed by atoms with Crippen LogP contribution in [0.3, 0.4) is 0 Å². The first-order chi connectivity index (χ1) is 7.58. The van der Waals surface area contributed by atoms with E-state index < -0.39 is 0 Å². The molecule has 1 nitrogen and oxygen atoms in total. The first-order valence-electron chi connectivity index (χ1n) is 5.90. The minimum atomic E-state index is 0.545. The van der Waals surface area contributed by atoms with Crippen LogP contribution in [-0.4, -0.2) is 12.4 Å². The average molecular weight is 238 g/mol. The Balaban J connectivity index is 2.74. The molecule has 0 saturated carbocycles. The molecule has 0 spiro atoms. The topological polar surface area (TPSA) is 9.23 Å². The number of aryl methyl sites for hydroxylation is 3. The first-order valence-corrected chi connectivity index (χ1v) is 6.53. The number of benzene rings is 1. The maximum atomic E-state index is 5.92. The van der Waals surface area contributed by atoms with Crippen molar-refractivity contribution in [2.24, 2.45) is 5.92 Å². The van der Waals surface area contributed by atoms with E-state index >= 15 is 0 Å². The second-order valence-electron chi connectivity index (χ2n) is 4.50. The van der Waals surface area contributed by atoms with E-state index in [1.54, 1.807) is 0 Å². The molecule has 16 heavy (non-hydrogen) atoms. The minimum Gasteiger partial charge on any atom is -0.493 e. The Kier molecular flexibility index (Phi) is 5.20. The quantitative estimate of drug-likeness (QED) is 0.764. The summed E-state index contributed by atoms with van der Waals surface area (Å²) < 4.78 is 5.92. The highest BCUT2D eigenvalue weighted by Gasteiger charge is 2.09. The molecule has 0 fully saturated rings. The predicted molar refractivity (Wildman–Crippen MR) is 73.8 cm³/mol. The van der Waals surface area contributed by atoms with E-state index in [-0.39, 0.29) is 0 Å². The summed E-state index contributed by atoms with van der Waals surface area (Å²) in [6, 6.07) is 4.34. The van der Waals surface area contributed by atoms with Crippen LogP contribution in [0.2, 0.25) is 0 Å². The van der Waals surface area contributed by atoms with E-state index in [1.807, 2.05) is 0 Å². The largest absolute Gasteiger partial charge is 0.493 e. The summed E-state index contributed by atoms with van der Waals surface area (Å²) in [5.41, 5.74) is 3.75. The van der Waals surface area contributed by atoms with Crippen molar-refractivity contribution >= 4 is 12.6 Å². The fourth-order valence-electron chi connectivity index (χ4n) is 1.90. The fraction of sp³-hybridized carbons (Fsp3) is 0.571. The average Bonchev–Trinajstić information content (AvgIpc) is 2.22. The van der Waals surface area contributed by atoms with E-state index in [0.717, 1.165) is 24.5 Å². The molecule has 0 aliphatic heterocycles. The lowest BCUT2D eigenvalue weighted by Crippen LogP contribution is -2.13. The first kappa shape index (κ1) is 13.4. The molecule has 0 radical (unpaired) electrons. The van der Waals surface area contributed by atoms with Crippen molar-refractivity contribution in [2.75, 3.05) is 12.4 Å². The van der Waals surface area contributed by atoms with Gasteiger partial charge in [0.2, 0.25) is 0 Å². The van der Waals surface area contributed by atoms with Gasteiger partial charge in [-0.1, -0.05) is 24.6 Å². The van der Waals surface area contributed by atoms with Gasteiger partial charge in [-0.3, -0.25) is 0 Å². The Hall–Kier alpha value is -0.630. The van der Waals surface area contributed by atoms with E-state index in [0.29, 0.717) is 5.92 Å². The van der Waals surface area contributed by atoms with Crippen LogP contribution >= 0.6 is 12.6 Å². The Morgan fingerprint density at radius 3 is 2.19 bits per heavy atom. The molecule has 0 aliphatic carbocycles. The fourth-order valence-corrected chi connectivity index (χ4v) is 2.26. The molecule has 0 bridgehead atoms. The molecule has 0 heterocycles. The van der Waals surface area contributed by atoms with Gasteiger partial charge in [0.15, 0.2) is 0 Å². The van der Waals surface area contributed by atoms with E-state index in [1.165, 1.54) is 16.7 Å². The van der Waals surface area contributed by atoms with Gasteiger partial charge in [-0.25, -0.2) is 0 Å². The summed E-state index contributed by atoms with van der Waals surface area (Å²) in [5, 5.41) is 0. The number of rotatable bonds is 5. The molecular weight excluding hydrogens is 216 g/mol. The third kappa shape index (κ3) is 3.44. The van der Waals surface area contributed by atoms with Crippen molar-refractivity contribution in [3.8, 4) is 5.75 Å². The Bertz CT molecular complexity index is 320. The van der Waals surface area contributed by atoms with Crippen LogP contribution in [0.5, 0.6) is 5.75 Å². The molecule has 90 valence electrons. The molecular formula is C14H22OS. The van der Waals surface area contributed by atoms with Crippen LogP contribution in [0.1, 0.15) is 30.0 Å². The molecule has 0 aromatic heterocycles. The van der Waals surface area contributed by atoms with Gasteiger partial charge in [0, 0.05) is 5.92 Å². The van der Waals surface area contributed by atoms with Crippen molar-refractivity contribution < 1.29 is 4.74 Å². The van der Waals surface area contributed by atoms with Gasteiger partial charge >= 0.3 is 0 Å². The normalized spacial score (nSPS) is 12.6. The van der Waals surface area contributed by atoms with Gasteiger partial charge < -0.3 is 4.74 Å². The Morgan fingerprint density at radius 1 is 1.19 bits per heavy atom. The van der Waals surface area contributed by atoms with Gasteiger partial charge in [-0.2, -0.15) is 12.6 Å². The second kappa shape index (κ2) is 6.19. The molecule has 1 aromatic rings. The summed E-state index contributed by atoms with van der Waals surface area (Å²) >= 11 is 4.33. The Morgan fingerprint density at radius 2 is 1.75 bits per heavy atom. The summed E-state index contributed by atoms with van der Waals surface area (Å²) in [6.07, 6.45) is 1.12. The number of thiol groups is 1. The summed E-state index contributed by atoms with van der Waals surface area (Å²) in [7, 11) is 0. The molecule has 0 amide bonds. The molecule has 1 unspecified atom stereocenters. The molecule has 1 rings (SSSR count). The molecule has 0 saturated heterocycles. The zero-order valence-electron chi connectivity index (χ0n) is 10.7. The highest BCUT2D eigenvalue weighted by atomic mass is 32.1. The SMILES string of the molecule is CCC(CS)COc1c(C)cc(C)cc1C. The summed E-state index contributed by atoms with van der Waals surface area (Å²) in [4.78, 5) is 0. The predicted octanol–water partition coefficient (Wildman–Crippen LogP) is 3.95. The van der Waals surface area contributed by atoms with Crippen molar-refractivity contribution in [1.29, 1.82) is 0 Å². The van der Waals surface area contributed by atoms with Crippen molar-refractivity contribution in [1.82, 2.24) is 0 Å². The van der Waals surface area contributed by atoms with E-state index in [2.05, 4.69) is 52.5 Å². The molecule has 0 aliphatic rings. The second-order valence-corrected chi connectivity index (χ2v) is 4.86. The standard InChI is InChI=1S/C14H22OS/c1-5-13(9-16)8-15-14-11(3)6-10(2)7-12(14)4/h6-7,13,16H,5,8-9H2,1-4H3. The number of hydrogen-bond acceptors (Lipinski definition) is 2. The minimum absolute atomic E-state index is 0.545. The van der Waals surface area contributed by atoms with E-state index in [9.17, 15) is 0 Å². The molecule has 2 heteroatoms. The third-order valence-corrected chi connectivity index (χ3v) is 3.42. The lowest BCUT2D eigenvalue weighted by atomic mass is 10.1. The lowest BCUT2D eigenvalue weighted by molar-refractivity contribution is 0.256. The summed E-state index contributed by atoms with van der Waals surface area (Å²) in [6.45, 7) is 9.28. The van der Waals surface area contributed by atoms with Crippen LogP contribution in [0.4, 0.5) is 0 Å². The van der Waals surface area contributed by atoms with Gasteiger partial charge in [0.25, 0.3) is 0 Å². The smallest absolute Gasteiger partial charge is 0.125 e. The zero-order valence-corrected chi connectivity index (χ0v) is 11.6. The van der Waals surface area contributed by atoms with Crippen molar-refractivity contribution in [3.05, 3.63) is 28.8 Å². The van der Waals surface area contributed by atoms with Crippen LogP contribution in [-0.2, 0) is 0 Å². The molecule has 1 atom stereocenters. The maximum absolute atomic E-state index is 5.92. The molecule has 1 aromatic carbocycles. The van der Waals surface area contributed by atoms with Crippen molar-refractivity contribution in [2.45, 2.75) is 34.1 Å². The Labute approximate surface area is 105 Å². The maximum Gasteiger partial charge on any atom is 0.125 e. The number of ether oxygens (including phenoxy) is 1. The highest BCUT2D eigenvalue weighted by Crippen LogP contribution is 2.25. The third-order valence-electron chi connectivity index (χ3n) is 2.90. The highest BCUT2D eigenvalue weighted by molar-refractivity contribution is 7.80. The molecule has 0 N–H and O–H groups in total. The van der Waals surface area contributed by atoms with Crippen LogP contribution in [0.25, 0.3) is 0 Å². The van der Waals surface area contributed by atoms with Gasteiger partial charge in [0.1, 0.15) is 5.75 Å². The van der Waals surface area contributed by atoms with Gasteiger partial charge in [0.05, 0.1) is 6.61 Å².